The summed E-state index contributed by atoms with van der Waals surface area (Å²) in [5, 5.41) is 11.1. The van der Waals surface area contributed by atoms with Crippen molar-refractivity contribution in [3.63, 3.8) is 0 Å². The maximum atomic E-state index is 13.4. The predicted octanol–water partition coefficient (Wildman–Crippen LogP) is 1.84. The fourth-order valence-electron chi connectivity index (χ4n) is 1.38. The van der Waals surface area contributed by atoms with E-state index < -0.39 is 34.7 Å². The monoisotopic (exact) mass is 268 g/mol. The van der Waals surface area contributed by atoms with E-state index >= 15 is 0 Å². The highest BCUT2D eigenvalue weighted by Gasteiger charge is 2.27. The zero-order valence-corrected chi connectivity index (χ0v) is 11.0. The average molecular weight is 268 g/mol. The van der Waals surface area contributed by atoms with Crippen LogP contribution in [0.4, 0.5) is 10.1 Å². The summed E-state index contributed by atoms with van der Waals surface area (Å²) in [6.45, 7) is 5.43. The molecule has 0 spiro atoms. The second kappa shape index (κ2) is 5.36. The summed E-state index contributed by atoms with van der Waals surface area (Å²) in [7, 11) is 0. The van der Waals surface area contributed by atoms with Crippen LogP contribution in [0, 0.1) is 11.2 Å². The molecule has 1 amide bonds. The lowest BCUT2D eigenvalue weighted by molar-refractivity contribution is -0.119. The Morgan fingerprint density at radius 2 is 1.95 bits per heavy atom. The molecule has 0 saturated carbocycles. The number of carbonyl (C=O) groups is 2. The highest BCUT2D eigenvalue weighted by atomic mass is 19.1. The Morgan fingerprint density at radius 1 is 1.37 bits per heavy atom. The summed E-state index contributed by atoms with van der Waals surface area (Å²) in [4.78, 5) is 22.5. The molecule has 1 atom stereocenters. The van der Waals surface area contributed by atoms with Gasteiger partial charge in [0.25, 0.3) is 0 Å². The van der Waals surface area contributed by atoms with E-state index in [-0.39, 0.29) is 5.69 Å². The lowest BCUT2D eigenvalue weighted by atomic mass is 9.87. The molecular formula is C13H17FN2O3. The van der Waals surface area contributed by atoms with Crippen LogP contribution in [0.2, 0.25) is 0 Å². The topological polar surface area (TPSA) is 92.4 Å². The van der Waals surface area contributed by atoms with Crippen molar-refractivity contribution >= 4 is 17.6 Å². The fraction of sp³-hybridized carbons (Fsp3) is 0.385. The quantitative estimate of drug-likeness (QED) is 0.779. The SMILES string of the molecule is CC(C)(C)C(N)C(=O)Nc1ccc(C(=O)O)c(F)c1. The first kappa shape index (κ1) is 15.1. The molecule has 1 unspecified atom stereocenters. The number of nitrogens with two attached hydrogens (primary N) is 1. The van der Waals surface area contributed by atoms with Gasteiger partial charge in [0, 0.05) is 5.69 Å². The Morgan fingerprint density at radius 3 is 2.37 bits per heavy atom. The lowest BCUT2D eigenvalue weighted by Gasteiger charge is -2.25. The molecule has 0 saturated heterocycles. The summed E-state index contributed by atoms with van der Waals surface area (Å²) < 4.78 is 13.4. The van der Waals surface area contributed by atoms with Gasteiger partial charge in [-0.1, -0.05) is 20.8 Å². The number of amides is 1. The smallest absolute Gasteiger partial charge is 0.338 e. The predicted molar refractivity (Wildman–Crippen MR) is 69.4 cm³/mol. The molecule has 1 aromatic carbocycles. The van der Waals surface area contributed by atoms with E-state index in [1.165, 1.54) is 6.07 Å². The molecule has 6 heteroatoms. The van der Waals surface area contributed by atoms with Gasteiger partial charge in [0.2, 0.25) is 5.91 Å². The fourth-order valence-corrected chi connectivity index (χ4v) is 1.38. The highest BCUT2D eigenvalue weighted by molar-refractivity contribution is 5.96. The van der Waals surface area contributed by atoms with Crippen LogP contribution < -0.4 is 11.1 Å². The van der Waals surface area contributed by atoms with Crippen molar-refractivity contribution in [3.05, 3.63) is 29.6 Å². The standard InChI is InChI=1S/C13H17FN2O3/c1-13(2,3)10(15)11(17)16-7-4-5-8(12(18)19)9(14)6-7/h4-6,10H,15H2,1-3H3,(H,16,17)(H,18,19). The zero-order valence-electron chi connectivity index (χ0n) is 11.0. The minimum absolute atomic E-state index is 0.173. The van der Waals surface area contributed by atoms with Crippen molar-refractivity contribution in [1.29, 1.82) is 0 Å². The van der Waals surface area contributed by atoms with Crippen LogP contribution in [-0.4, -0.2) is 23.0 Å². The van der Waals surface area contributed by atoms with E-state index in [0.717, 1.165) is 12.1 Å². The van der Waals surface area contributed by atoms with Crippen molar-refractivity contribution in [2.45, 2.75) is 26.8 Å². The Hall–Kier alpha value is -1.95. The van der Waals surface area contributed by atoms with Gasteiger partial charge < -0.3 is 16.2 Å². The van der Waals surface area contributed by atoms with Crippen LogP contribution in [0.15, 0.2) is 18.2 Å². The van der Waals surface area contributed by atoms with Gasteiger partial charge in [-0.2, -0.15) is 0 Å². The van der Waals surface area contributed by atoms with E-state index in [2.05, 4.69) is 5.32 Å². The van der Waals surface area contributed by atoms with Crippen LogP contribution in [0.1, 0.15) is 31.1 Å². The number of hydrogen-bond donors (Lipinski definition) is 3. The first-order chi connectivity index (χ1) is 8.62. The van der Waals surface area contributed by atoms with Crippen LogP contribution in [0.5, 0.6) is 0 Å². The third kappa shape index (κ3) is 3.75. The van der Waals surface area contributed by atoms with Gasteiger partial charge >= 0.3 is 5.97 Å². The highest BCUT2D eigenvalue weighted by Crippen LogP contribution is 2.20. The first-order valence-electron chi connectivity index (χ1n) is 5.72. The molecule has 5 nitrogen and oxygen atoms in total. The third-order valence-corrected chi connectivity index (χ3v) is 2.68. The molecule has 0 aromatic heterocycles. The maximum Gasteiger partial charge on any atom is 0.338 e. The number of hydrogen-bond acceptors (Lipinski definition) is 3. The summed E-state index contributed by atoms with van der Waals surface area (Å²) in [6, 6.07) is 2.61. The van der Waals surface area contributed by atoms with E-state index in [0.29, 0.717) is 0 Å². The van der Waals surface area contributed by atoms with Crippen LogP contribution >= 0.6 is 0 Å². The Balaban J connectivity index is 2.87. The van der Waals surface area contributed by atoms with Crippen molar-refractivity contribution in [2.24, 2.45) is 11.1 Å². The summed E-state index contributed by atoms with van der Waals surface area (Å²) in [5.41, 5.74) is 5.06. The van der Waals surface area contributed by atoms with Gasteiger partial charge in [0.15, 0.2) is 0 Å². The minimum Gasteiger partial charge on any atom is -0.478 e. The van der Waals surface area contributed by atoms with Crippen molar-refractivity contribution in [2.75, 3.05) is 5.32 Å². The van der Waals surface area contributed by atoms with Gasteiger partial charge in [-0.05, 0) is 23.6 Å². The number of rotatable bonds is 3. The summed E-state index contributed by atoms with van der Waals surface area (Å²) >= 11 is 0. The molecule has 19 heavy (non-hydrogen) atoms. The van der Waals surface area contributed by atoms with Gasteiger partial charge in [-0.3, -0.25) is 4.79 Å². The van der Waals surface area contributed by atoms with E-state index in [4.69, 9.17) is 10.8 Å². The molecular weight excluding hydrogens is 251 g/mol. The largest absolute Gasteiger partial charge is 0.478 e. The van der Waals surface area contributed by atoms with Crippen LogP contribution in [0.3, 0.4) is 0 Å². The number of anilines is 1. The van der Waals surface area contributed by atoms with Gasteiger partial charge in [-0.25, -0.2) is 9.18 Å². The van der Waals surface area contributed by atoms with E-state index in [9.17, 15) is 14.0 Å². The van der Waals surface area contributed by atoms with E-state index in [1.807, 2.05) is 20.8 Å². The first-order valence-corrected chi connectivity index (χ1v) is 5.72. The van der Waals surface area contributed by atoms with Crippen molar-refractivity contribution in [1.82, 2.24) is 0 Å². The Kier molecular flexibility index (Phi) is 4.26. The molecule has 0 aliphatic carbocycles. The summed E-state index contributed by atoms with van der Waals surface area (Å²) in [5.74, 6) is -2.72. The Bertz CT molecular complexity index is 509. The number of aromatic carboxylic acids is 1. The number of carbonyl (C=O) groups excluding carboxylic acids is 1. The van der Waals surface area contributed by atoms with Crippen molar-refractivity contribution in [3.8, 4) is 0 Å². The number of nitrogens with one attached hydrogen (secondary N) is 1. The molecule has 1 aromatic rings. The molecule has 0 fully saturated rings. The molecule has 0 aliphatic rings. The number of carboxylic acid groups (broad SMARTS) is 1. The van der Waals surface area contributed by atoms with Crippen LogP contribution in [-0.2, 0) is 4.79 Å². The Labute approximate surface area is 110 Å². The summed E-state index contributed by atoms with van der Waals surface area (Å²) in [6.07, 6.45) is 0. The third-order valence-electron chi connectivity index (χ3n) is 2.68. The van der Waals surface area contributed by atoms with Crippen LogP contribution in [0.25, 0.3) is 0 Å². The second-order valence-corrected chi connectivity index (χ2v) is 5.33. The molecule has 4 N–H and O–H groups in total. The maximum absolute atomic E-state index is 13.4. The molecule has 1 rings (SSSR count). The van der Waals surface area contributed by atoms with E-state index in [1.54, 1.807) is 0 Å². The zero-order chi connectivity index (χ0) is 14.8. The van der Waals surface area contributed by atoms with Crippen molar-refractivity contribution < 1.29 is 19.1 Å². The lowest BCUT2D eigenvalue weighted by Crippen LogP contribution is -2.45. The number of benzene rings is 1. The van der Waals surface area contributed by atoms with Gasteiger partial charge in [-0.15, -0.1) is 0 Å². The van der Waals surface area contributed by atoms with Gasteiger partial charge in [0.1, 0.15) is 5.82 Å². The average Bonchev–Trinajstić information content (AvgIpc) is 2.26. The van der Waals surface area contributed by atoms with Gasteiger partial charge in [0.05, 0.1) is 11.6 Å². The number of halogens is 1. The molecule has 0 bridgehead atoms. The molecule has 104 valence electrons. The second-order valence-electron chi connectivity index (χ2n) is 5.33. The molecule has 0 heterocycles. The molecule has 0 radical (unpaired) electrons. The number of carboxylic acids is 1. The minimum atomic E-state index is -1.36. The normalized spacial score (nSPS) is 12.9. The molecule has 0 aliphatic heterocycles.